The average Bonchev–Trinajstić information content (AvgIpc) is 2.15. The number of aliphatic carboxylic acids is 1. The highest BCUT2D eigenvalue weighted by Crippen LogP contribution is 2.05. The first-order valence-electron chi connectivity index (χ1n) is 5.65. The van der Waals surface area contributed by atoms with Crippen LogP contribution in [0.4, 0.5) is 0 Å². The van der Waals surface area contributed by atoms with E-state index in [-0.39, 0.29) is 6.61 Å². The van der Waals surface area contributed by atoms with Crippen molar-refractivity contribution in [2.45, 2.75) is 45.6 Å². The molecule has 0 spiro atoms. The Balaban J connectivity index is 3.62. The first-order valence-corrected chi connectivity index (χ1v) is 5.65. The minimum absolute atomic E-state index is 0.217. The van der Waals surface area contributed by atoms with Gasteiger partial charge in [-0.05, 0) is 38.1 Å². The summed E-state index contributed by atoms with van der Waals surface area (Å²) in [5, 5.41) is 20.5. The van der Waals surface area contributed by atoms with Crippen molar-refractivity contribution >= 4 is 5.97 Å². The predicted octanol–water partition coefficient (Wildman–Crippen LogP) is 1.24. The van der Waals surface area contributed by atoms with Crippen LogP contribution in [0.5, 0.6) is 0 Å². The van der Waals surface area contributed by atoms with E-state index in [1.807, 2.05) is 13.8 Å². The van der Waals surface area contributed by atoms with Gasteiger partial charge in [-0.15, -0.1) is 0 Å². The highest BCUT2D eigenvalue weighted by atomic mass is 16.4. The van der Waals surface area contributed by atoms with Gasteiger partial charge in [0.2, 0.25) is 0 Å². The van der Waals surface area contributed by atoms with Gasteiger partial charge in [0.05, 0.1) is 0 Å². The average molecular weight is 217 g/mol. The van der Waals surface area contributed by atoms with E-state index < -0.39 is 12.0 Å². The third-order valence-corrected chi connectivity index (χ3v) is 2.23. The Morgan fingerprint density at radius 3 is 2.40 bits per heavy atom. The molecule has 1 atom stereocenters. The number of carbonyl (C=O) groups is 1. The van der Waals surface area contributed by atoms with Crippen molar-refractivity contribution in [2.24, 2.45) is 5.92 Å². The quantitative estimate of drug-likeness (QED) is 0.508. The molecule has 1 unspecified atom stereocenters. The van der Waals surface area contributed by atoms with Crippen LogP contribution in [0.2, 0.25) is 0 Å². The van der Waals surface area contributed by atoms with Crippen molar-refractivity contribution in [1.29, 1.82) is 0 Å². The highest BCUT2D eigenvalue weighted by Gasteiger charge is 2.17. The molecular formula is C11H23NO3. The van der Waals surface area contributed by atoms with Crippen molar-refractivity contribution in [1.82, 2.24) is 5.32 Å². The third-order valence-electron chi connectivity index (χ3n) is 2.23. The molecule has 0 fully saturated rings. The lowest BCUT2D eigenvalue weighted by Gasteiger charge is -2.16. The SMILES string of the molecule is CC(C)CC(NCCCCCO)C(=O)O. The molecule has 15 heavy (non-hydrogen) atoms. The van der Waals surface area contributed by atoms with E-state index in [0.29, 0.717) is 18.9 Å². The van der Waals surface area contributed by atoms with E-state index in [4.69, 9.17) is 10.2 Å². The molecule has 0 heterocycles. The molecule has 3 N–H and O–H groups in total. The Hall–Kier alpha value is -0.610. The molecule has 0 aliphatic rings. The molecule has 0 aromatic carbocycles. The van der Waals surface area contributed by atoms with Gasteiger partial charge in [0, 0.05) is 6.61 Å². The lowest BCUT2D eigenvalue weighted by Crippen LogP contribution is -2.38. The molecular weight excluding hydrogens is 194 g/mol. The summed E-state index contributed by atoms with van der Waals surface area (Å²) in [5.74, 6) is -0.387. The zero-order chi connectivity index (χ0) is 11.7. The van der Waals surface area contributed by atoms with Crippen LogP contribution in [0.1, 0.15) is 39.5 Å². The lowest BCUT2D eigenvalue weighted by molar-refractivity contribution is -0.139. The van der Waals surface area contributed by atoms with Crippen molar-refractivity contribution in [3.05, 3.63) is 0 Å². The van der Waals surface area contributed by atoms with Crippen LogP contribution in [0.15, 0.2) is 0 Å². The summed E-state index contributed by atoms with van der Waals surface area (Å²) in [4.78, 5) is 10.9. The summed E-state index contributed by atoms with van der Waals surface area (Å²) in [6.07, 6.45) is 3.32. The van der Waals surface area contributed by atoms with Crippen molar-refractivity contribution in [3.8, 4) is 0 Å². The molecule has 90 valence electrons. The molecule has 4 heteroatoms. The Morgan fingerprint density at radius 2 is 1.93 bits per heavy atom. The van der Waals surface area contributed by atoms with Gasteiger partial charge in [0.25, 0.3) is 0 Å². The summed E-state index contributed by atoms with van der Waals surface area (Å²) in [6, 6.07) is -0.431. The van der Waals surface area contributed by atoms with Crippen LogP contribution in [-0.4, -0.2) is 35.4 Å². The predicted molar refractivity (Wildman–Crippen MR) is 59.8 cm³/mol. The lowest BCUT2D eigenvalue weighted by atomic mass is 10.0. The van der Waals surface area contributed by atoms with E-state index in [2.05, 4.69) is 5.32 Å². The van der Waals surface area contributed by atoms with Gasteiger partial charge in [0.1, 0.15) is 6.04 Å². The number of aliphatic hydroxyl groups excluding tert-OH is 1. The maximum Gasteiger partial charge on any atom is 0.320 e. The number of unbranched alkanes of at least 4 members (excludes halogenated alkanes) is 2. The fourth-order valence-corrected chi connectivity index (χ4v) is 1.43. The zero-order valence-corrected chi connectivity index (χ0v) is 9.70. The molecule has 0 bridgehead atoms. The van der Waals surface area contributed by atoms with E-state index in [0.717, 1.165) is 19.3 Å². The van der Waals surface area contributed by atoms with Crippen LogP contribution < -0.4 is 5.32 Å². The van der Waals surface area contributed by atoms with Gasteiger partial charge >= 0.3 is 5.97 Å². The van der Waals surface area contributed by atoms with Crippen LogP contribution in [0, 0.1) is 5.92 Å². The van der Waals surface area contributed by atoms with Crippen molar-refractivity contribution < 1.29 is 15.0 Å². The van der Waals surface area contributed by atoms with Crippen LogP contribution >= 0.6 is 0 Å². The molecule has 0 radical (unpaired) electrons. The number of hydrogen-bond donors (Lipinski definition) is 3. The second-order valence-corrected chi connectivity index (χ2v) is 4.26. The molecule has 0 rings (SSSR count). The maximum absolute atomic E-state index is 10.9. The topological polar surface area (TPSA) is 69.6 Å². The van der Waals surface area contributed by atoms with Gasteiger partial charge in [-0.25, -0.2) is 0 Å². The normalized spacial score (nSPS) is 13.1. The third kappa shape index (κ3) is 8.39. The van der Waals surface area contributed by atoms with Gasteiger partial charge < -0.3 is 15.5 Å². The molecule has 0 amide bonds. The van der Waals surface area contributed by atoms with Crippen molar-refractivity contribution in [2.75, 3.05) is 13.2 Å². The smallest absolute Gasteiger partial charge is 0.320 e. The number of aliphatic hydroxyl groups is 1. The maximum atomic E-state index is 10.9. The number of carboxylic acid groups (broad SMARTS) is 1. The standard InChI is InChI=1S/C11H23NO3/c1-9(2)8-10(11(14)15)12-6-4-3-5-7-13/h9-10,12-13H,3-8H2,1-2H3,(H,14,15). The summed E-state index contributed by atoms with van der Waals surface area (Å²) in [6.45, 7) is 4.96. The number of hydrogen-bond acceptors (Lipinski definition) is 3. The monoisotopic (exact) mass is 217 g/mol. The summed E-state index contributed by atoms with van der Waals surface area (Å²) in [5.41, 5.74) is 0. The summed E-state index contributed by atoms with van der Waals surface area (Å²) in [7, 11) is 0. The fourth-order valence-electron chi connectivity index (χ4n) is 1.43. The highest BCUT2D eigenvalue weighted by molar-refractivity contribution is 5.73. The Kier molecular flexibility index (Phi) is 8.33. The number of carboxylic acids is 1. The van der Waals surface area contributed by atoms with Gasteiger partial charge in [-0.3, -0.25) is 4.79 Å². The van der Waals surface area contributed by atoms with Crippen LogP contribution in [0.25, 0.3) is 0 Å². The van der Waals surface area contributed by atoms with E-state index in [9.17, 15) is 4.79 Å². The Morgan fingerprint density at radius 1 is 1.27 bits per heavy atom. The second kappa shape index (κ2) is 8.68. The largest absolute Gasteiger partial charge is 0.480 e. The summed E-state index contributed by atoms with van der Waals surface area (Å²) < 4.78 is 0. The fraction of sp³-hybridized carbons (Fsp3) is 0.909. The molecule has 0 aromatic heterocycles. The minimum Gasteiger partial charge on any atom is -0.480 e. The molecule has 4 nitrogen and oxygen atoms in total. The molecule has 0 aromatic rings. The van der Waals surface area contributed by atoms with E-state index >= 15 is 0 Å². The van der Waals surface area contributed by atoms with Crippen LogP contribution in [-0.2, 0) is 4.79 Å². The van der Waals surface area contributed by atoms with E-state index in [1.54, 1.807) is 0 Å². The number of rotatable bonds is 9. The molecule has 0 aliphatic heterocycles. The first-order chi connectivity index (χ1) is 7.07. The molecule has 0 saturated carbocycles. The number of nitrogens with one attached hydrogen (secondary N) is 1. The molecule has 0 aliphatic carbocycles. The summed E-state index contributed by atoms with van der Waals surface area (Å²) >= 11 is 0. The Bertz CT molecular complexity index is 171. The van der Waals surface area contributed by atoms with Crippen LogP contribution in [0.3, 0.4) is 0 Å². The van der Waals surface area contributed by atoms with Gasteiger partial charge in [-0.1, -0.05) is 13.8 Å². The van der Waals surface area contributed by atoms with Crippen molar-refractivity contribution in [3.63, 3.8) is 0 Å². The second-order valence-electron chi connectivity index (χ2n) is 4.26. The van der Waals surface area contributed by atoms with E-state index in [1.165, 1.54) is 0 Å². The zero-order valence-electron chi connectivity index (χ0n) is 9.70. The molecule has 0 saturated heterocycles. The van der Waals surface area contributed by atoms with Gasteiger partial charge in [-0.2, -0.15) is 0 Å². The van der Waals surface area contributed by atoms with Gasteiger partial charge in [0.15, 0.2) is 0 Å². The minimum atomic E-state index is -0.772. The Labute approximate surface area is 91.7 Å². The first kappa shape index (κ1) is 14.4.